The third-order valence-corrected chi connectivity index (χ3v) is 6.58. The highest BCUT2D eigenvalue weighted by atomic mass is 32.1. The monoisotopic (exact) mass is 261 g/mol. The Morgan fingerprint density at radius 3 is 2.50 bits per heavy atom. The van der Waals surface area contributed by atoms with Gasteiger partial charge in [0.05, 0.1) is 12.1 Å². The first-order valence-electron chi connectivity index (χ1n) is 7.11. The highest BCUT2D eigenvalue weighted by Gasteiger charge is 2.66. The smallest absolute Gasteiger partial charge is 0.143 e. The molecule has 0 N–H and O–H groups in total. The molecule has 3 saturated carbocycles. The molecule has 0 saturated heterocycles. The van der Waals surface area contributed by atoms with Crippen LogP contribution in [0.5, 0.6) is 0 Å². The van der Waals surface area contributed by atoms with Crippen molar-refractivity contribution in [2.24, 2.45) is 29.6 Å². The second-order valence-corrected chi connectivity index (χ2v) is 7.69. The van der Waals surface area contributed by atoms with E-state index in [9.17, 15) is 4.79 Å². The summed E-state index contributed by atoms with van der Waals surface area (Å²) in [7, 11) is 0. The van der Waals surface area contributed by atoms with Crippen LogP contribution in [0.25, 0.3) is 0 Å². The number of rotatable bonds is 3. The fourth-order valence-electron chi connectivity index (χ4n) is 4.64. The van der Waals surface area contributed by atoms with E-state index in [-0.39, 0.29) is 0 Å². The minimum absolute atomic E-state index is 0.417. The molecular formula is C15H19NOS. The number of aromatic nitrogens is 1. The fraction of sp³-hybridized carbons (Fsp3) is 0.733. The summed E-state index contributed by atoms with van der Waals surface area (Å²) in [5.41, 5.74) is 1.10. The molecule has 2 bridgehead atoms. The van der Waals surface area contributed by atoms with Gasteiger partial charge >= 0.3 is 0 Å². The topological polar surface area (TPSA) is 30.0 Å². The van der Waals surface area contributed by atoms with E-state index < -0.39 is 0 Å². The Labute approximate surface area is 112 Å². The number of carbonyl (C=O) groups excluding carboxylic acids is 1. The van der Waals surface area contributed by atoms with E-state index in [2.05, 4.69) is 11.9 Å². The van der Waals surface area contributed by atoms with E-state index in [1.165, 1.54) is 24.1 Å². The summed E-state index contributed by atoms with van der Waals surface area (Å²) in [6.45, 7) is 4.12. The normalized spacial score (nSPS) is 40.0. The lowest BCUT2D eigenvalue weighted by Crippen LogP contribution is -2.12. The molecule has 3 aliphatic rings. The number of ketones is 1. The van der Waals surface area contributed by atoms with Crippen molar-refractivity contribution in [1.82, 2.24) is 4.98 Å². The number of Topliss-reactive ketones (excluding diaryl/α,β-unsaturated/α-hetero) is 1. The van der Waals surface area contributed by atoms with Gasteiger partial charge in [-0.2, -0.15) is 0 Å². The maximum atomic E-state index is 12.4. The van der Waals surface area contributed by atoms with Gasteiger partial charge in [-0.3, -0.25) is 4.79 Å². The van der Waals surface area contributed by atoms with Crippen molar-refractivity contribution in [3.8, 4) is 0 Å². The van der Waals surface area contributed by atoms with Gasteiger partial charge in [-0.05, 0) is 56.8 Å². The van der Waals surface area contributed by atoms with Gasteiger partial charge in [0.15, 0.2) is 0 Å². The molecule has 0 aliphatic heterocycles. The maximum absolute atomic E-state index is 12.4. The van der Waals surface area contributed by atoms with E-state index >= 15 is 0 Å². The molecule has 0 radical (unpaired) electrons. The molecule has 1 aromatic rings. The molecule has 1 heterocycles. The van der Waals surface area contributed by atoms with Gasteiger partial charge < -0.3 is 0 Å². The van der Waals surface area contributed by atoms with Crippen molar-refractivity contribution in [3.05, 3.63) is 15.6 Å². The minimum atomic E-state index is 0.417. The van der Waals surface area contributed by atoms with Gasteiger partial charge in [-0.1, -0.05) is 0 Å². The van der Waals surface area contributed by atoms with Crippen LogP contribution in [0, 0.1) is 43.4 Å². The summed E-state index contributed by atoms with van der Waals surface area (Å²) >= 11 is 1.70. The summed E-state index contributed by atoms with van der Waals surface area (Å²) < 4.78 is 0. The zero-order chi connectivity index (χ0) is 12.4. The van der Waals surface area contributed by atoms with Crippen LogP contribution in [-0.2, 0) is 11.2 Å². The first-order valence-corrected chi connectivity index (χ1v) is 7.92. The Morgan fingerprint density at radius 2 is 1.94 bits per heavy atom. The first kappa shape index (κ1) is 11.2. The Kier molecular flexibility index (Phi) is 2.27. The molecular weight excluding hydrogens is 242 g/mol. The van der Waals surface area contributed by atoms with Gasteiger partial charge in [0.2, 0.25) is 0 Å². The number of fused-ring (bicyclic) bond motifs is 5. The fourth-order valence-corrected chi connectivity index (χ4v) is 5.58. The van der Waals surface area contributed by atoms with Crippen LogP contribution in [0.15, 0.2) is 0 Å². The second kappa shape index (κ2) is 3.66. The number of carbonyl (C=O) groups is 1. The zero-order valence-corrected chi connectivity index (χ0v) is 11.8. The molecule has 0 aromatic carbocycles. The largest absolute Gasteiger partial charge is 0.299 e. The van der Waals surface area contributed by atoms with E-state index in [1.54, 1.807) is 11.3 Å². The number of thiazole rings is 1. The Bertz CT molecular complexity index is 485. The van der Waals surface area contributed by atoms with Crippen LogP contribution in [0.3, 0.4) is 0 Å². The van der Waals surface area contributed by atoms with Gasteiger partial charge in [0.1, 0.15) is 10.8 Å². The van der Waals surface area contributed by atoms with Crippen LogP contribution in [0.2, 0.25) is 0 Å². The zero-order valence-electron chi connectivity index (χ0n) is 11.0. The molecule has 3 fully saturated rings. The third-order valence-electron chi connectivity index (χ3n) is 5.51. The molecule has 3 aliphatic carbocycles. The minimum Gasteiger partial charge on any atom is -0.299 e. The molecule has 4 atom stereocenters. The summed E-state index contributed by atoms with van der Waals surface area (Å²) in [5.74, 6) is 4.25. The third kappa shape index (κ3) is 1.46. The lowest BCUT2D eigenvalue weighted by molar-refractivity contribution is -0.120. The molecule has 96 valence electrons. The first-order chi connectivity index (χ1) is 8.65. The van der Waals surface area contributed by atoms with Crippen molar-refractivity contribution in [2.75, 3.05) is 0 Å². The number of aryl methyl sites for hydroxylation is 2. The average Bonchev–Trinajstić information content (AvgIpc) is 2.61. The van der Waals surface area contributed by atoms with Crippen molar-refractivity contribution in [1.29, 1.82) is 0 Å². The molecule has 0 spiro atoms. The molecule has 0 amide bonds. The van der Waals surface area contributed by atoms with Crippen molar-refractivity contribution >= 4 is 17.1 Å². The van der Waals surface area contributed by atoms with E-state index in [0.29, 0.717) is 18.1 Å². The highest BCUT2D eigenvalue weighted by Crippen LogP contribution is 2.69. The van der Waals surface area contributed by atoms with Crippen molar-refractivity contribution in [2.45, 2.75) is 39.5 Å². The summed E-state index contributed by atoms with van der Waals surface area (Å²) in [5, 5.41) is 1.03. The van der Waals surface area contributed by atoms with E-state index in [0.717, 1.165) is 34.4 Å². The average molecular weight is 261 g/mol. The number of nitrogens with zero attached hydrogens (tertiary/aromatic N) is 1. The highest BCUT2D eigenvalue weighted by molar-refractivity contribution is 7.11. The van der Waals surface area contributed by atoms with Crippen LogP contribution >= 0.6 is 11.3 Å². The Hall–Kier alpha value is -0.700. The standard InChI is InChI=1S/C15H19NOS/c1-7-8(2)18-12(16-7)6-11(17)15-13-9-3-4-10(5-9)14(13)15/h9-10,13-15H,3-6H2,1-2H3. The van der Waals surface area contributed by atoms with Crippen LogP contribution in [0.4, 0.5) is 0 Å². The van der Waals surface area contributed by atoms with Crippen molar-refractivity contribution in [3.63, 3.8) is 0 Å². The predicted molar refractivity (Wildman–Crippen MR) is 71.6 cm³/mol. The Morgan fingerprint density at radius 1 is 1.28 bits per heavy atom. The summed E-state index contributed by atoms with van der Waals surface area (Å²) in [6.07, 6.45) is 4.81. The van der Waals surface area contributed by atoms with E-state index in [1.807, 2.05) is 6.92 Å². The van der Waals surface area contributed by atoms with Gasteiger partial charge in [-0.25, -0.2) is 4.98 Å². The molecule has 4 unspecified atom stereocenters. The molecule has 2 nitrogen and oxygen atoms in total. The van der Waals surface area contributed by atoms with Crippen LogP contribution in [0.1, 0.15) is 34.8 Å². The van der Waals surface area contributed by atoms with E-state index in [4.69, 9.17) is 0 Å². The Balaban J connectivity index is 1.46. The predicted octanol–water partition coefficient (Wildman–Crippen LogP) is 3.16. The van der Waals surface area contributed by atoms with Crippen molar-refractivity contribution < 1.29 is 4.79 Å². The molecule has 18 heavy (non-hydrogen) atoms. The molecule has 1 aromatic heterocycles. The lowest BCUT2D eigenvalue weighted by atomic mass is 9.99. The maximum Gasteiger partial charge on any atom is 0.143 e. The molecule has 4 rings (SSSR count). The summed E-state index contributed by atoms with van der Waals surface area (Å²) in [4.78, 5) is 18.2. The lowest BCUT2D eigenvalue weighted by Gasteiger charge is -2.06. The SMILES string of the molecule is Cc1nc(CC(=O)C2C3C4CCC(C4)C23)sc1C. The van der Waals surface area contributed by atoms with Gasteiger partial charge in [-0.15, -0.1) is 11.3 Å². The van der Waals surface area contributed by atoms with Gasteiger partial charge in [0.25, 0.3) is 0 Å². The quantitative estimate of drug-likeness (QED) is 0.836. The number of hydrogen-bond donors (Lipinski definition) is 0. The van der Waals surface area contributed by atoms with Crippen LogP contribution in [-0.4, -0.2) is 10.8 Å². The summed E-state index contributed by atoms with van der Waals surface area (Å²) in [6, 6.07) is 0. The number of hydrogen-bond acceptors (Lipinski definition) is 3. The van der Waals surface area contributed by atoms with Crippen LogP contribution < -0.4 is 0 Å². The second-order valence-electron chi connectivity index (χ2n) is 6.41. The molecule has 3 heteroatoms. The van der Waals surface area contributed by atoms with Gasteiger partial charge in [0, 0.05) is 10.8 Å².